The van der Waals surface area contributed by atoms with Crippen LogP contribution in [0.2, 0.25) is 5.02 Å². The van der Waals surface area contributed by atoms with Crippen molar-refractivity contribution in [1.82, 2.24) is 14.7 Å². The number of amides is 1. The zero-order valence-electron chi connectivity index (χ0n) is 15.7. The number of hydrogen-bond acceptors (Lipinski definition) is 3. The van der Waals surface area contributed by atoms with Crippen LogP contribution in [0.5, 0.6) is 0 Å². The summed E-state index contributed by atoms with van der Waals surface area (Å²) in [5, 5.41) is 5.31. The van der Waals surface area contributed by atoms with Crippen molar-refractivity contribution in [1.29, 1.82) is 0 Å². The van der Waals surface area contributed by atoms with Crippen LogP contribution < -0.4 is 5.73 Å². The number of nitrogens with zero attached hydrogens (tertiary/aromatic N) is 3. The summed E-state index contributed by atoms with van der Waals surface area (Å²) in [5.74, 6) is 0.433. The molecule has 3 rings (SSSR count). The minimum absolute atomic E-state index is 0.0655. The zero-order valence-corrected chi connectivity index (χ0v) is 16.5. The van der Waals surface area contributed by atoms with Gasteiger partial charge < -0.3 is 10.6 Å². The summed E-state index contributed by atoms with van der Waals surface area (Å²) < 4.78 is 1.87. The highest BCUT2D eigenvalue weighted by molar-refractivity contribution is 6.31. The number of carbonyl (C=O) groups is 1. The number of nitrogens with two attached hydrogens (primary N) is 1. The highest BCUT2D eigenvalue weighted by Gasteiger charge is 2.29. The molecular weight excluding hydrogens is 348 g/mol. The quantitative estimate of drug-likeness (QED) is 0.891. The lowest BCUT2D eigenvalue weighted by atomic mass is 9.91. The Morgan fingerprint density at radius 3 is 2.81 bits per heavy atom. The van der Waals surface area contributed by atoms with E-state index >= 15 is 0 Å². The molecule has 1 aromatic heterocycles. The molecule has 0 bridgehead atoms. The van der Waals surface area contributed by atoms with Crippen molar-refractivity contribution in [2.75, 3.05) is 13.1 Å². The summed E-state index contributed by atoms with van der Waals surface area (Å²) in [5.41, 5.74) is 9.42. The van der Waals surface area contributed by atoms with E-state index in [1.165, 1.54) is 0 Å². The van der Waals surface area contributed by atoms with E-state index < -0.39 is 0 Å². The van der Waals surface area contributed by atoms with Crippen LogP contribution in [0.15, 0.2) is 24.3 Å². The first kappa shape index (κ1) is 18.9. The lowest BCUT2D eigenvalue weighted by Crippen LogP contribution is -2.45. The summed E-state index contributed by atoms with van der Waals surface area (Å²) in [7, 11) is 0. The third kappa shape index (κ3) is 3.79. The van der Waals surface area contributed by atoms with Crippen LogP contribution in [0.4, 0.5) is 0 Å². The minimum atomic E-state index is 0.0655. The molecule has 5 nitrogen and oxygen atoms in total. The Labute approximate surface area is 160 Å². The number of carbonyl (C=O) groups excluding carboxylic acids is 1. The number of rotatable bonds is 4. The summed E-state index contributed by atoms with van der Waals surface area (Å²) in [6.45, 7) is 7.95. The summed E-state index contributed by atoms with van der Waals surface area (Å²) in [6, 6.07) is 7.83. The van der Waals surface area contributed by atoms with Crippen LogP contribution in [0.25, 0.3) is 0 Å². The van der Waals surface area contributed by atoms with Gasteiger partial charge in [0.2, 0.25) is 0 Å². The molecule has 2 unspecified atom stereocenters. The number of piperidine rings is 1. The van der Waals surface area contributed by atoms with E-state index in [1.54, 1.807) is 0 Å². The van der Waals surface area contributed by atoms with Crippen LogP contribution in [0.1, 0.15) is 47.1 Å². The first-order valence-electron chi connectivity index (χ1n) is 9.20. The molecular formula is C20H27ClN4O. The van der Waals surface area contributed by atoms with Gasteiger partial charge in [-0.2, -0.15) is 5.10 Å². The first-order chi connectivity index (χ1) is 12.4. The predicted molar refractivity (Wildman–Crippen MR) is 105 cm³/mol. The van der Waals surface area contributed by atoms with Crippen LogP contribution in [0.3, 0.4) is 0 Å². The summed E-state index contributed by atoms with van der Waals surface area (Å²) >= 11 is 6.27. The predicted octanol–water partition coefficient (Wildman–Crippen LogP) is 3.40. The fourth-order valence-electron chi connectivity index (χ4n) is 3.73. The highest BCUT2D eigenvalue weighted by atomic mass is 35.5. The Kier molecular flexibility index (Phi) is 5.68. The molecule has 0 spiro atoms. The Hall–Kier alpha value is -1.85. The molecule has 1 aliphatic rings. The Morgan fingerprint density at radius 2 is 2.12 bits per heavy atom. The van der Waals surface area contributed by atoms with Crippen molar-refractivity contribution in [3.8, 4) is 0 Å². The van der Waals surface area contributed by atoms with Gasteiger partial charge in [0.15, 0.2) is 0 Å². The average molecular weight is 375 g/mol. The van der Waals surface area contributed by atoms with Gasteiger partial charge in [-0.15, -0.1) is 0 Å². The van der Waals surface area contributed by atoms with Crippen molar-refractivity contribution in [3.63, 3.8) is 0 Å². The number of aryl methyl sites for hydroxylation is 1. The van der Waals surface area contributed by atoms with E-state index in [4.69, 9.17) is 17.3 Å². The first-order valence-corrected chi connectivity index (χ1v) is 9.58. The fraction of sp³-hybridized carbons (Fsp3) is 0.500. The van der Waals surface area contributed by atoms with Gasteiger partial charge >= 0.3 is 0 Å². The van der Waals surface area contributed by atoms with Gasteiger partial charge in [0, 0.05) is 29.8 Å². The molecule has 1 saturated heterocycles. The molecule has 1 fully saturated rings. The van der Waals surface area contributed by atoms with E-state index in [0.717, 1.165) is 42.9 Å². The lowest BCUT2D eigenvalue weighted by Gasteiger charge is -2.34. The number of benzene rings is 1. The van der Waals surface area contributed by atoms with Gasteiger partial charge in [-0.05, 0) is 51.2 Å². The van der Waals surface area contributed by atoms with Crippen molar-refractivity contribution >= 4 is 17.5 Å². The Balaban J connectivity index is 1.83. The van der Waals surface area contributed by atoms with Gasteiger partial charge in [-0.1, -0.05) is 29.8 Å². The smallest absolute Gasteiger partial charge is 0.257 e. The number of aromatic nitrogens is 2. The second kappa shape index (κ2) is 7.80. The van der Waals surface area contributed by atoms with E-state index in [2.05, 4.69) is 5.10 Å². The zero-order chi connectivity index (χ0) is 18.8. The maximum atomic E-state index is 13.1. The molecule has 1 aromatic carbocycles. The minimum Gasteiger partial charge on any atom is -0.338 e. The molecule has 0 saturated carbocycles. The van der Waals surface area contributed by atoms with E-state index in [0.29, 0.717) is 23.0 Å². The summed E-state index contributed by atoms with van der Waals surface area (Å²) in [4.78, 5) is 15.1. The van der Waals surface area contributed by atoms with Gasteiger partial charge in [0.25, 0.3) is 5.91 Å². The second-order valence-corrected chi connectivity index (χ2v) is 7.71. The topological polar surface area (TPSA) is 64.2 Å². The van der Waals surface area contributed by atoms with Crippen LogP contribution in [-0.4, -0.2) is 39.7 Å². The molecule has 1 amide bonds. The molecule has 0 radical (unpaired) electrons. The largest absolute Gasteiger partial charge is 0.338 e. The molecule has 6 heteroatoms. The lowest BCUT2D eigenvalue weighted by molar-refractivity contribution is 0.0659. The Bertz CT molecular complexity index is 799. The third-order valence-electron chi connectivity index (χ3n) is 5.36. The van der Waals surface area contributed by atoms with Crippen LogP contribution in [0, 0.1) is 19.8 Å². The highest BCUT2D eigenvalue weighted by Crippen LogP contribution is 2.24. The van der Waals surface area contributed by atoms with Crippen molar-refractivity contribution in [2.45, 2.75) is 46.2 Å². The van der Waals surface area contributed by atoms with Crippen LogP contribution >= 0.6 is 11.6 Å². The maximum Gasteiger partial charge on any atom is 0.257 e. The molecule has 140 valence electrons. The molecule has 0 aliphatic carbocycles. The number of hydrogen-bond donors (Lipinski definition) is 1. The van der Waals surface area contributed by atoms with Crippen molar-refractivity contribution in [3.05, 3.63) is 51.8 Å². The second-order valence-electron chi connectivity index (χ2n) is 7.31. The molecule has 2 N–H and O–H groups in total. The fourth-order valence-corrected chi connectivity index (χ4v) is 3.93. The van der Waals surface area contributed by atoms with Crippen molar-refractivity contribution in [2.24, 2.45) is 11.7 Å². The molecule has 26 heavy (non-hydrogen) atoms. The van der Waals surface area contributed by atoms with Crippen LogP contribution in [-0.2, 0) is 6.54 Å². The summed E-state index contributed by atoms with van der Waals surface area (Å²) in [6.07, 6.45) is 2.09. The average Bonchev–Trinajstić information content (AvgIpc) is 2.90. The van der Waals surface area contributed by atoms with E-state index in [-0.39, 0.29) is 11.9 Å². The van der Waals surface area contributed by atoms with Crippen molar-refractivity contribution < 1.29 is 4.79 Å². The van der Waals surface area contributed by atoms with Gasteiger partial charge in [0.05, 0.1) is 17.8 Å². The Morgan fingerprint density at radius 1 is 1.38 bits per heavy atom. The van der Waals surface area contributed by atoms with E-state index in [1.807, 2.05) is 54.6 Å². The molecule has 2 atom stereocenters. The molecule has 2 aromatic rings. The van der Waals surface area contributed by atoms with Gasteiger partial charge in [-0.25, -0.2) is 0 Å². The monoisotopic (exact) mass is 374 g/mol. The number of likely N-dealkylation sites (tertiary alicyclic amines) is 1. The standard InChI is InChI=1S/C20H27ClN4O/c1-13(22)16-8-6-10-24(11-16)20(26)19-14(2)23-25(15(19)3)12-17-7-4-5-9-18(17)21/h4-5,7,9,13,16H,6,8,10-12,22H2,1-3H3. The van der Waals surface area contributed by atoms with E-state index in [9.17, 15) is 4.79 Å². The maximum absolute atomic E-state index is 13.1. The van der Waals surface area contributed by atoms with Gasteiger partial charge in [-0.3, -0.25) is 9.48 Å². The third-order valence-corrected chi connectivity index (χ3v) is 5.73. The normalized spacial score (nSPS) is 18.8. The molecule has 1 aliphatic heterocycles. The number of halogens is 1. The SMILES string of the molecule is Cc1nn(Cc2ccccc2Cl)c(C)c1C(=O)N1CCCC(C(C)N)C1. The molecule has 2 heterocycles. The van der Waals surface area contributed by atoms with Gasteiger partial charge in [0.1, 0.15) is 0 Å².